The molecule has 1 aromatic rings. The van der Waals surface area contributed by atoms with Gasteiger partial charge in [-0.05, 0) is 29.2 Å². The van der Waals surface area contributed by atoms with Gasteiger partial charge >= 0.3 is 5.97 Å². The van der Waals surface area contributed by atoms with Gasteiger partial charge in [-0.3, -0.25) is 4.79 Å². The van der Waals surface area contributed by atoms with E-state index in [1.54, 1.807) is 11.3 Å². The van der Waals surface area contributed by atoms with Crippen molar-refractivity contribution in [3.05, 3.63) is 21.9 Å². The Kier molecular flexibility index (Phi) is 2.11. The summed E-state index contributed by atoms with van der Waals surface area (Å²) in [7, 11) is 0. The van der Waals surface area contributed by atoms with Crippen molar-refractivity contribution in [2.24, 2.45) is 0 Å². The molecule has 0 amide bonds. The van der Waals surface area contributed by atoms with Gasteiger partial charge in [-0.2, -0.15) is 0 Å². The molecular weight excluding hydrogens is 192 g/mol. The second-order valence-corrected chi connectivity index (χ2v) is 4.85. The van der Waals surface area contributed by atoms with Crippen LogP contribution in [0.4, 0.5) is 0 Å². The number of aryl methyl sites for hydroxylation is 1. The van der Waals surface area contributed by atoms with Crippen LogP contribution >= 0.6 is 23.1 Å². The van der Waals surface area contributed by atoms with E-state index in [4.69, 9.17) is 5.11 Å². The van der Waals surface area contributed by atoms with Crippen LogP contribution in [0.5, 0.6) is 0 Å². The molecule has 0 saturated carbocycles. The number of carboxylic acids is 1. The van der Waals surface area contributed by atoms with Gasteiger partial charge in [0.05, 0.1) is 0 Å². The van der Waals surface area contributed by atoms with Crippen LogP contribution in [0, 0.1) is 0 Å². The number of hydrogen-bond acceptors (Lipinski definition) is 3. The van der Waals surface area contributed by atoms with Gasteiger partial charge in [-0.15, -0.1) is 23.1 Å². The first kappa shape index (κ1) is 8.13. The van der Waals surface area contributed by atoms with Gasteiger partial charge in [0.1, 0.15) is 5.25 Å². The minimum Gasteiger partial charge on any atom is -0.480 e. The molecule has 2 rings (SSSR count). The number of fused-ring (bicyclic) bond motifs is 1. The van der Waals surface area contributed by atoms with Crippen LogP contribution in [-0.2, 0) is 11.2 Å². The van der Waals surface area contributed by atoms with E-state index in [1.165, 1.54) is 16.6 Å². The summed E-state index contributed by atoms with van der Waals surface area (Å²) in [5.41, 5.74) is 1.02. The summed E-state index contributed by atoms with van der Waals surface area (Å²) < 4.78 is 0. The number of aliphatic carboxylic acids is 1. The maximum atomic E-state index is 10.8. The van der Waals surface area contributed by atoms with Crippen molar-refractivity contribution in [1.29, 1.82) is 0 Å². The predicted molar refractivity (Wildman–Crippen MR) is 50.9 cm³/mol. The van der Waals surface area contributed by atoms with Gasteiger partial charge in [-0.1, -0.05) is 0 Å². The van der Waals surface area contributed by atoms with E-state index in [0.29, 0.717) is 0 Å². The highest BCUT2D eigenvalue weighted by molar-refractivity contribution is 8.00. The fourth-order valence-electron chi connectivity index (χ4n) is 1.35. The zero-order chi connectivity index (χ0) is 8.55. The van der Waals surface area contributed by atoms with Crippen molar-refractivity contribution >= 4 is 29.1 Å². The highest BCUT2D eigenvalue weighted by atomic mass is 32.2. The number of thioether (sulfide) groups is 1. The fourth-order valence-corrected chi connectivity index (χ4v) is 3.58. The van der Waals surface area contributed by atoms with E-state index in [1.807, 2.05) is 11.4 Å². The summed E-state index contributed by atoms with van der Waals surface area (Å²) in [5, 5.41) is 10.5. The zero-order valence-corrected chi connectivity index (χ0v) is 7.95. The third-order valence-corrected chi connectivity index (χ3v) is 4.13. The molecule has 1 aliphatic rings. The average Bonchev–Trinajstić information content (AvgIpc) is 2.49. The summed E-state index contributed by atoms with van der Waals surface area (Å²) in [5.74, 6) is 0.226. The molecule has 4 heteroatoms. The molecule has 0 fully saturated rings. The maximum Gasteiger partial charge on any atom is 0.321 e. The van der Waals surface area contributed by atoms with E-state index < -0.39 is 5.97 Å². The molecule has 0 spiro atoms. The molecular formula is C8H8O2S2. The summed E-state index contributed by atoms with van der Waals surface area (Å²) in [4.78, 5) is 12.0. The van der Waals surface area contributed by atoms with Crippen molar-refractivity contribution in [2.75, 3.05) is 5.75 Å². The quantitative estimate of drug-likeness (QED) is 0.755. The standard InChI is InChI=1S/C8H8O2S2/c9-8(10)7-5-1-3-11-6(5)2-4-12-7/h1,3,7H,2,4H2,(H,9,10)/t7-/m0/s1. The van der Waals surface area contributed by atoms with Crippen LogP contribution in [0.15, 0.2) is 11.4 Å². The number of rotatable bonds is 1. The van der Waals surface area contributed by atoms with Crippen LogP contribution in [0.3, 0.4) is 0 Å². The first-order valence-corrected chi connectivity index (χ1v) is 5.62. The number of carboxylic acid groups (broad SMARTS) is 1. The van der Waals surface area contributed by atoms with Gasteiger partial charge in [-0.25, -0.2) is 0 Å². The molecule has 1 N–H and O–H groups in total. The number of thiophene rings is 1. The van der Waals surface area contributed by atoms with Crippen molar-refractivity contribution in [3.63, 3.8) is 0 Å². The Morgan fingerprint density at radius 1 is 1.67 bits per heavy atom. The van der Waals surface area contributed by atoms with E-state index in [0.717, 1.165) is 17.7 Å². The third-order valence-electron chi connectivity index (χ3n) is 1.90. The lowest BCUT2D eigenvalue weighted by Crippen LogP contribution is -2.13. The minimum absolute atomic E-state index is 0.319. The molecule has 1 aromatic heterocycles. The highest BCUT2D eigenvalue weighted by Crippen LogP contribution is 2.39. The molecule has 0 saturated heterocycles. The second kappa shape index (κ2) is 3.11. The maximum absolute atomic E-state index is 10.8. The lowest BCUT2D eigenvalue weighted by atomic mass is 10.1. The molecule has 0 aliphatic carbocycles. The van der Waals surface area contributed by atoms with Gasteiger partial charge in [0.25, 0.3) is 0 Å². The molecule has 2 nitrogen and oxygen atoms in total. The molecule has 64 valence electrons. The molecule has 1 atom stereocenters. The van der Waals surface area contributed by atoms with Gasteiger partial charge in [0.15, 0.2) is 0 Å². The topological polar surface area (TPSA) is 37.3 Å². The first-order valence-electron chi connectivity index (χ1n) is 3.69. The van der Waals surface area contributed by atoms with Crippen LogP contribution in [-0.4, -0.2) is 16.8 Å². The predicted octanol–water partition coefficient (Wildman–Crippen LogP) is 2.16. The summed E-state index contributed by atoms with van der Waals surface area (Å²) >= 11 is 3.20. The highest BCUT2D eigenvalue weighted by Gasteiger charge is 2.27. The number of carbonyl (C=O) groups is 1. The Morgan fingerprint density at radius 2 is 2.50 bits per heavy atom. The van der Waals surface area contributed by atoms with E-state index in [2.05, 4.69) is 0 Å². The minimum atomic E-state index is -0.709. The lowest BCUT2D eigenvalue weighted by molar-refractivity contribution is -0.136. The molecule has 0 aromatic carbocycles. The molecule has 12 heavy (non-hydrogen) atoms. The van der Waals surface area contributed by atoms with Crippen molar-refractivity contribution in [1.82, 2.24) is 0 Å². The van der Waals surface area contributed by atoms with E-state index in [-0.39, 0.29) is 5.25 Å². The third kappa shape index (κ3) is 1.25. The summed E-state index contributed by atoms with van der Waals surface area (Å²) in [6.07, 6.45) is 1.03. The molecule has 0 radical (unpaired) electrons. The van der Waals surface area contributed by atoms with Crippen LogP contribution < -0.4 is 0 Å². The van der Waals surface area contributed by atoms with Crippen molar-refractivity contribution in [2.45, 2.75) is 11.7 Å². The Morgan fingerprint density at radius 3 is 3.25 bits per heavy atom. The lowest BCUT2D eigenvalue weighted by Gasteiger charge is -2.17. The van der Waals surface area contributed by atoms with Crippen LogP contribution in [0.25, 0.3) is 0 Å². The molecule has 0 unspecified atom stereocenters. The Balaban J connectivity index is 2.37. The monoisotopic (exact) mass is 200 g/mol. The van der Waals surface area contributed by atoms with Gasteiger partial charge in [0.2, 0.25) is 0 Å². The van der Waals surface area contributed by atoms with Crippen LogP contribution in [0.2, 0.25) is 0 Å². The Hall–Kier alpha value is -0.480. The SMILES string of the molecule is O=C(O)[C@H]1SCCc2sccc21. The second-order valence-electron chi connectivity index (χ2n) is 2.64. The Bertz CT molecular complexity index is 306. The summed E-state index contributed by atoms with van der Waals surface area (Å²) in [6.45, 7) is 0. The number of hydrogen-bond donors (Lipinski definition) is 1. The molecule has 1 aliphatic heterocycles. The zero-order valence-electron chi connectivity index (χ0n) is 6.32. The Labute approximate surface area is 78.6 Å². The smallest absolute Gasteiger partial charge is 0.321 e. The van der Waals surface area contributed by atoms with Gasteiger partial charge < -0.3 is 5.11 Å². The normalized spacial score (nSPS) is 21.8. The average molecular weight is 200 g/mol. The van der Waals surface area contributed by atoms with Crippen molar-refractivity contribution in [3.8, 4) is 0 Å². The largest absolute Gasteiger partial charge is 0.480 e. The van der Waals surface area contributed by atoms with E-state index in [9.17, 15) is 4.79 Å². The molecule has 2 heterocycles. The summed E-state index contributed by atoms with van der Waals surface area (Å²) in [6, 6.07) is 1.94. The van der Waals surface area contributed by atoms with Crippen LogP contribution in [0.1, 0.15) is 15.7 Å². The molecule has 0 bridgehead atoms. The fraction of sp³-hybridized carbons (Fsp3) is 0.375. The van der Waals surface area contributed by atoms with E-state index >= 15 is 0 Å². The first-order chi connectivity index (χ1) is 5.79. The van der Waals surface area contributed by atoms with Crippen molar-refractivity contribution < 1.29 is 9.90 Å². The van der Waals surface area contributed by atoms with Gasteiger partial charge in [0, 0.05) is 4.88 Å².